The molecule has 0 saturated carbocycles. The standard InChI is InChI=1S/C10H11N5O2/c1-17-6-4-2-3-5(7(6)16)8-13-9(11)15-10(12)14-8/h2-4,16H,1H3,(H4,11,12,13,14,15). The number of aromatic nitrogens is 3. The molecule has 7 heteroatoms. The predicted molar refractivity (Wildman–Crippen MR) is 62.3 cm³/mol. The maximum atomic E-state index is 9.92. The van der Waals surface area contributed by atoms with Gasteiger partial charge in [-0.1, -0.05) is 6.07 Å². The third-order valence-electron chi connectivity index (χ3n) is 2.13. The molecule has 0 aliphatic carbocycles. The maximum absolute atomic E-state index is 9.92. The Hall–Kier alpha value is -2.57. The largest absolute Gasteiger partial charge is 0.504 e. The molecule has 1 aromatic carbocycles. The highest BCUT2D eigenvalue weighted by Gasteiger charge is 2.13. The summed E-state index contributed by atoms with van der Waals surface area (Å²) in [4.78, 5) is 11.5. The van der Waals surface area contributed by atoms with Gasteiger partial charge in [-0.2, -0.15) is 15.0 Å². The van der Waals surface area contributed by atoms with E-state index in [0.717, 1.165) is 0 Å². The molecule has 0 bridgehead atoms. The lowest BCUT2D eigenvalue weighted by molar-refractivity contribution is 0.374. The van der Waals surface area contributed by atoms with Crippen LogP contribution in [0.25, 0.3) is 11.4 Å². The summed E-state index contributed by atoms with van der Waals surface area (Å²) in [6.45, 7) is 0. The lowest BCUT2D eigenvalue weighted by Crippen LogP contribution is -2.04. The molecule has 0 aliphatic heterocycles. The van der Waals surface area contributed by atoms with Crippen LogP contribution in [0.15, 0.2) is 18.2 Å². The van der Waals surface area contributed by atoms with Crippen LogP contribution in [0, 0.1) is 0 Å². The summed E-state index contributed by atoms with van der Waals surface area (Å²) >= 11 is 0. The van der Waals surface area contributed by atoms with Crippen molar-refractivity contribution in [1.82, 2.24) is 15.0 Å². The Kier molecular flexibility index (Phi) is 2.65. The second kappa shape index (κ2) is 4.12. The number of hydrogen-bond acceptors (Lipinski definition) is 7. The van der Waals surface area contributed by atoms with Crippen molar-refractivity contribution in [2.75, 3.05) is 18.6 Å². The maximum Gasteiger partial charge on any atom is 0.225 e. The van der Waals surface area contributed by atoms with Crippen LogP contribution in [0.1, 0.15) is 0 Å². The molecule has 0 saturated heterocycles. The molecular formula is C10H11N5O2. The summed E-state index contributed by atoms with van der Waals surface area (Å²) in [7, 11) is 1.45. The number of nitrogens with zero attached hydrogens (tertiary/aromatic N) is 3. The van der Waals surface area contributed by atoms with Crippen LogP contribution in [0.3, 0.4) is 0 Å². The lowest BCUT2D eigenvalue weighted by Gasteiger charge is -2.08. The Bertz CT molecular complexity index is 538. The van der Waals surface area contributed by atoms with Crippen molar-refractivity contribution in [1.29, 1.82) is 0 Å². The summed E-state index contributed by atoms with van der Waals surface area (Å²) in [6, 6.07) is 4.95. The van der Waals surface area contributed by atoms with Gasteiger partial charge >= 0.3 is 0 Å². The van der Waals surface area contributed by atoms with E-state index in [1.54, 1.807) is 18.2 Å². The molecule has 2 aromatic rings. The number of phenols is 1. The number of anilines is 2. The number of rotatable bonds is 2. The molecule has 2 rings (SSSR count). The SMILES string of the molecule is COc1cccc(-c2nc(N)nc(N)n2)c1O. The molecule has 88 valence electrons. The predicted octanol–water partition coefficient (Wildman–Crippen LogP) is 0.417. The van der Waals surface area contributed by atoms with Gasteiger partial charge < -0.3 is 21.3 Å². The number of ether oxygens (including phenoxy) is 1. The van der Waals surface area contributed by atoms with Crippen molar-refractivity contribution in [2.24, 2.45) is 0 Å². The minimum absolute atomic E-state index is 0.00489. The van der Waals surface area contributed by atoms with Crippen molar-refractivity contribution in [2.45, 2.75) is 0 Å². The minimum atomic E-state index is -0.0694. The van der Waals surface area contributed by atoms with Crippen LogP contribution in [0.5, 0.6) is 11.5 Å². The van der Waals surface area contributed by atoms with Gasteiger partial charge in [0.1, 0.15) is 0 Å². The Labute approximate surface area is 97.1 Å². The number of hydrogen-bond donors (Lipinski definition) is 3. The third-order valence-corrected chi connectivity index (χ3v) is 2.13. The van der Waals surface area contributed by atoms with Crippen molar-refractivity contribution in [3.05, 3.63) is 18.2 Å². The van der Waals surface area contributed by atoms with E-state index in [0.29, 0.717) is 11.3 Å². The van der Waals surface area contributed by atoms with E-state index in [4.69, 9.17) is 16.2 Å². The first kappa shape index (κ1) is 10.9. The van der Waals surface area contributed by atoms with Crippen LogP contribution in [0.2, 0.25) is 0 Å². The first-order valence-electron chi connectivity index (χ1n) is 4.75. The Morgan fingerprint density at radius 1 is 1.12 bits per heavy atom. The Morgan fingerprint density at radius 3 is 2.35 bits per heavy atom. The lowest BCUT2D eigenvalue weighted by atomic mass is 10.1. The molecule has 0 spiro atoms. The van der Waals surface area contributed by atoms with Crippen LogP contribution < -0.4 is 16.2 Å². The normalized spacial score (nSPS) is 10.2. The van der Waals surface area contributed by atoms with Crippen molar-refractivity contribution in [3.8, 4) is 22.9 Å². The van der Waals surface area contributed by atoms with Crippen LogP contribution in [-0.2, 0) is 0 Å². The van der Waals surface area contributed by atoms with Gasteiger partial charge in [0, 0.05) is 0 Å². The van der Waals surface area contributed by atoms with E-state index in [1.165, 1.54) is 7.11 Å². The Balaban J connectivity index is 2.60. The third kappa shape index (κ3) is 2.03. The van der Waals surface area contributed by atoms with E-state index >= 15 is 0 Å². The second-order valence-corrected chi connectivity index (χ2v) is 3.23. The summed E-state index contributed by atoms with van der Waals surface area (Å²) < 4.78 is 4.98. The molecule has 0 unspecified atom stereocenters. The number of aromatic hydroxyl groups is 1. The molecular weight excluding hydrogens is 222 g/mol. The van der Waals surface area contributed by atoms with Gasteiger partial charge in [-0.15, -0.1) is 0 Å². The number of para-hydroxylation sites is 1. The van der Waals surface area contributed by atoms with Crippen LogP contribution in [0.4, 0.5) is 11.9 Å². The van der Waals surface area contributed by atoms with Crippen molar-refractivity contribution >= 4 is 11.9 Å². The molecule has 17 heavy (non-hydrogen) atoms. The van der Waals surface area contributed by atoms with Gasteiger partial charge in [0.05, 0.1) is 12.7 Å². The highest BCUT2D eigenvalue weighted by atomic mass is 16.5. The molecule has 0 aliphatic rings. The van der Waals surface area contributed by atoms with Gasteiger partial charge in [-0.05, 0) is 12.1 Å². The average molecular weight is 233 g/mol. The zero-order valence-electron chi connectivity index (χ0n) is 9.08. The highest BCUT2D eigenvalue weighted by molar-refractivity contribution is 5.69. The summed E-state index contributed by atoms with van der Waals surface area (Å²) in [6.07, 6.45) is 0. The van der Waals surface area contributed by atoms with Gasteiger partial charge in [0.2, 0.25) is 11.9 Å². The van der Waals surface area contributed by atoms with Crippen molar-refractivity contribution in [3.63, 3.8) is 0 Å². The summed E-state index contributed by atoms with van der Waals surface area (Å²) in [5, 5.41) is 9.92. The van der Waals surface area contributed by atoms with E-state index in [2.05, 4.69) is 15.0 Å². The van der Waals surface area contributed by atoms with Gasteiger partial charge in [-0.25, -0.2) is 0 Å². The van der Waals surface area contributed by atoms with E-state index in [9.17, 15) is 5.11 Å². The quantitative estimate of drug-likeness (QED) is 0.687. The van der Waals surface area contributed by atoms with Crippen molar-refractivity contribution < 1.29 is 9.84 Å². The minimum Gasteiger partial charge on any atom is -0.504 e. The van der Waals surface area contributed by atoms with Crippen LogP contribution >= 0.6 is 0 Å². The van der Waals surface area contributed by atoms with Gasteiger partial charge in [0.25, 0.3) is 0 Å². The van der Waals surface area contributed by atoms with Gasteiger partial charge in [0.15, 0.2) is 17.3 Å². The fourth-order valence-electron chi connectivity index (χ4n) is 1.40. The molecule has 0 fully saturated rings. The zero-order valence-corrected chi connectivity index (χ0v) is 9.08. The Morgan fingerprint density at radius 2 is 1.76 bits per heavy atom. The highest BCUT2D eigenvalue weighted by Crippen LogP contribution is 2.35. The number of nitrogens with two attached hydrogens (primary N) is 2. The molecule has 0 amide bonds. The molecule has 0 radical (unpaired) electrons. The van der Waals surface area contributed by atoms with Gasteiger partial charge in [-0.3, -0.25) is 0 Å². The molecule has 1 aromatic heterocycles. The first-order chi connectivity index (χ1) is 8.11. The topological polar surface area (TPSA) is 120 Å². The molecule has 5 N–H and O–H groups in total. The molecule has 7 nitrogen and oxygen atoms in total. The number of phenolic OH excluding ortho intramolecular Hbond substituents is 1. The summed E-state index contributed by atoms with van der Waals surface area (Å²) in [5.41, 5.74) is 11.3. The first-order valence-corrected chi connectivity index (χ1v) is 4.75. The van der Waals surface area contributed by atoms with E-state index in [1.807, 2.05) is 0 Å². The second-order valence-electron chi connectivity index (χ2n) is 3.23. The average Bonchev–Trinajstić information content (AvgIpc) is 2.28. The number of methoxy groups -OCH3 is 1. The number of benzene rings is 1. The smallest absolute Gasteiger partial charge is 0.225 e. The summed E-state index contributed by atoms with van der Waals surface area (Å²) in [5.74, 6) is 0.441. The molecule has 1 heterocycles. The molecule has 0 atom stereocenters. The fourth-order valence-corrected chi connectivity index (χ4v) is 1.40. The zero-order chi connectivity index (χ0) is 12.4. The van der Waals surface area contributed by atoms with E-state index < -0.39 is 0 Å². The van der Waals surface area contributed by atoms with Crippen LogP contribution in [-0.4, -0.2) is 27.2 Å². The number of nitrogen functional groups attached to an aromatic ring is 2. The fraction of sp³-hybridized carbons (Fsp3) is 0.100. The van der Waals surface area contributed by atoms with E-state index in [-0.39, 0.29) is 23.5 Å². The monoisotopic (exact) mass is 233 g/mol.